The number of azide groups is 1. The van der Waals surface area contributed by atoms with Gasteiger partial charge < -0.3 is 24.4 Å². The number of amides is 1. The van der Waals surface area contributed by atoms with Crippen molar-refractivity contribution in [1.29, 1.82) is 0 Å². The molecule has 1 aliphatic rings. The maximum atomic E-state index is 13.4. The van der Waals surface area contributed by atoms with Crippen LogP contribution in [0.4, 0.5) is 5.69 Å². The van der Waals surface area contributed by atoms with Gasteiger partial charge in [0.15, 0.2) is 0 Å². The first-order valence-electron chi connectivity index (χ1n) is 13.5. The molecule has 40 heavy (non-hydrogen) atoms. The summed E-state index contributed by atoms with van der Waals surface area (Å²) in [6, 6.07) is 19.8. The SMILES string of the molecule is C=c1ccc2c(c1)Oc1cc(N(CC)CC)ccc1C=2c1ccccc1C(=O)NCCOCCOCCN=[N+]=[N-]. The summed E-state index contributed by atoms with van der Waals surface area (Å²) in [5.41, 5.74) is 12.6. The molecule has 4 rings (SSSR count). The molecule has 9 heteroatoms. The topological polar surface area (TPSA) is 109 Å². The van der Waals surface area contributed by atoms with Crippen LogP contribution in [0.3, 0.4) is 0 Å². The molecule has 1 N–H and O–H groups in total. The quantitative estimate of drug-likeness (QED) is 0.110. The summed E-state index contributed by atoms with van der Waals surface area (Å²) < 4.78 is 17.3. The number of ether oxygens (including phenoxy) is 3. The van der Waals surface area contributed by atoms with Crippen molar-refractivity contribution in [1.82, 2.24) is 5.32 Å². The zero-order chi connectivity index (χ0) is 28.3. The van der Waals surface area contributed by atoms with E-state index in [9.17, 15) is 4.79 Å². The lowest BCUT2D eigenvalue weighted by molar-refractivity contribution is 0.0511. The molecule has 208 valence electrons. The Balaban J connectivity index is 1.56. The highest BCUT2D eigenvalue weighted by molar-refractivity contribution is 6.02. The monoisotopic (exact) mass is 541 g/mol. The Hall–Kier alpha value is -4.30. The van der Waals surface area contributed by atoms with E-state index in [1.807, 2.05) is 42.5 Å². The zero-order valence-electron chi connectivity index (χ0n) is 23.1. The second kappa shape index (κ2) is 14.2. The van der Waals surface area contributed by atoms with E-state index in [0.29, 0.717) is 45.1 Å². The van der Waals surface area contributed by atoms with Crippen LogP contribution in [0.25, 0.3) is 22.6 Å². The van der Waals surface area contributed by atoms with E-state index in [2.05, 4.69) is 58.9 Å². The Labute approximate surface area is 234 Å². The van der Waals surface area contributed by atoms with E-state index in [-0.39, 0.29) is 5.91 Å². The van der Waals surface area contributed by atoms with Gasteiger partial charge in [-0.05, 0) is 54.4 Å². The molecule has 0 unspecified atom stereocenters. The number of carbonyl (C=O) groups excluding carboxylic acids is 1. The Bertz CT molecular complexity index is 1500. The molecule has 1 heterocycles. The highest BCUT2D eigenvalue weighted by Crippen LogP contribution is 2.39. The molecule has 0 saturated heterocycles. The molecule has 3 aromatic rings. The lowest BCUT2D eigenvalue weighted by Crippen LogP contribution is -2.29. The lowest BCUT2D eigenvalue weighted by Gasteiger charge is -2.26. The fourth-order valence-corrected chi connectivity index (χ4v) is 4.70. The zero-order valence-corrected chi connectivity index (χ0v) is 23.1. The van der Waals surface area contributed by atoms with Gasteiger partial charge in [0.1, 0.15) is 11.5 Å². The van der Waals surface area contributed by atoms with Gasteiger partial charge in [-0.25, -0.2) is 0 Å². The molecule has 0 aliphatic carbocycles. The summed E-state index contributed by atoms with van der Waals surface area (Å²) in [6.45, 7) is 12.3. The number of nitrogens with zero attached hydrogens (tertiary/aromatic N) is 4. The number of fused-ring (bicyclic) bond motifs is 2. The van der Waals surface area contributed by atoms with Crippen LogP contribution in [0.1, 0.15) is 35.3 Å². The number of hydrogen-bond donors (Lipinski definition) is 1. The molecule has 1 amide bonds. The van der Waals surface area contributed by atoms with Crippen LogP contribution in [-0.2, 0) is 9.47 Å². The van der Waals surface area contributed by atoms with Gasteiger partial charge in [0.05, 0.1) is 26.4 Å². The van der Waals surface area contributed by atoms with Crippen LogP contribution >= 0.6 is 0 Å². The summed E-state index contributed by atoms with van der Waals surface area (Å²) in [4.78, 5) is 18.3. The van der Waals surface area contributed by atoms with E-state index in [4.69, 9.17) is 19.7 Å². The summed E-state index contributed by atoms with van der Waals surface area (Å²) in [5.74, 6) is 1.29. The minimum absolute atomic E-state index is 0.180. The van der Waals surface area contributed by atoms with E-state index < -0.39 is 0 Å². The van der Waals surface area contributed by atoms with Crippen LogP contribution in [0.2, 0.25) is 0 Å². The van der Waals surface area contributed by atoms with Gasteiger partial charge in [0.25, 0.3) is 5.91 Å². The molecule has 0 fully saturated rings. The molecule has 0 atom stereocenters. The number of nitrogens with one attached hydrogen (secondary N) is 1. The van der Waals surface area contributed by atoms with Crippen LogP contribution in [0.15, 0.2) is 65.8 Å². The third kappa shape index (κ3) is 6.82. The third-order valence-electron chi connectivity index (χ3n) is 6.64. The minimum atomic E-state index is -0.180. The Morgan fingerprint density at radius 3 is 2.52 bits per heavy atom. The molecule has 9 nitrogen and oxygen atoms in total. The summed E-state index contributed by atoms with van der Waals surface area (Å²) in [6.07, 6.45) is 0. The maximum absolute atomic E-state index is 13.4. The second-order valence-corrected chi connectivity index (χ2v) is 9.14. The molecular formula is C31H35N5O4. The van der Waals surface area contributed by atoms with Gasteiger partial charge in [-0.2, -0.15) is 0 Å². The Morgan fingerprint density at radius 1 is 0.975 bits per heavy atom. The minimum Gasteiger partial charge on any atom is -0.456 e. The first-order valence-corrected chi connectivity index (χ1v) is 13.5. The smallest absolute Gasteiger partial charge is 0.251 e. The fraction of sp³-hybridized carbons (Fsp3) is 0.323. The molecule has 0 bridgehead atoms. The van der Waals surface area contributed by atoms with Crippen molar-refractivity contribution in [3.8, 4) is 11.5 Å². The van der Waals surface area contributed by atoms with Gasteiger partial charge in [-0.1, -0.05) is 42.0 Å². The molecule has 0 radical (unpaired) electrons. The van der Waals surface area contributed by atoms with E-state index in [0.717, 1.165) is 57.4 Å². The van der Waals surface area contributed by atoms with Crippen molar-refractivity contribution in [3.05, 3.63) is 98.2 Å². The van der Waals surface area contributed by atoms with E-state index >= 15 is 0 Å². The van der Waals surface area contributed by atoms with Crippen molar-refractivity contribution in [2.24, 2.45) is 5.11 Å². The van der Waals surface area contributed by atoms with Gasteiger partial charge in [-0.3, -0.25) is 4.79 Å². The van der Waals surface area contributed by atoms with E-state index in [1.165, 1.54) is 0 Å². The maximum Gasteiger partial charge on any atom is 0.251 e. The van der Waals surface area contributed by atoms with Crippen molar-refractivity contribution in [3.63, 3.8) is 0 Å². The number of rotatable bonds is 14. The van der Waals surface area contributed by atoms with Crippen molar-refractivity contribution >= 4 is 23.7 Å². The van der Waals surface area contributed by atoms with E-state index in [1.54, 1.807) is 0 Å². The number of anilines is 1. The van der Waals surface area contributed by atoms with Crippen LogP contribution in [-0.4, -0.2) is 58.5 Å². The first-order chi connectivity index (χ1) is 19.6. The summed E-state index contributed by atoms with van der Waals surface area (Å²) in [7, 11) is 0. The predicted octanol–water partition coefficient (Wildman–Crippen LogP) is 4.37. The van der Waals surface area contributed by atoms with Crippen LogP contribution in [0, 0.1) is 0 Å². The summed E-state index contributed by atoms with van der Waals surface area (Å²) >= 11 is 0. The second-order valence-electron chi connectivity index (χ2n) is 9.14. The molecule has 3 aromatic carbocycles. The standard InChI is InChI=1S/C31H35N5O4/c1-4-36(5-2)23-11-13-27-29(21-23)40-28-20-22(3)10-12-26(28)30(27)24-8-6-7-9-25(24)31(37)33-14-16-38-18-19-39-17-15-34-35-32/h6-13,20-21H,3-5,14-19H2,1-2H3,(H,33,37). The number of benzene rings is 3. The molecule has 1 aliphatic heterocycles. The Kier molecular flexibility index (Phi) is 10.2. The average molecular weight is 542 g/mol. The third-order valence-corrected chi connectivity index (χ3v) is 6.64. The highest BCUT2D eigenvalue weighted by Gasteiger charge is 2.24. The van der Waals surface area contributed by atoms with Crippen LogP contribution in [0.5, 0.6) is 11.5 Å². The molecule has 0 saturated carbocycles. The normalized spacial score (nSPS) is 11.6. The Morgan fingerprint density at radius 2 is 1.75 bits per heavy atom. The number of hydrogen-bond acceptors (Lipinski definition) is 6. The van der Waals surface area contributed by atoms with Crippen molar-refractivity contribution < 1.29 is 19.0 Å². The lowest BCUT2D eigenvalue weighted by atomic mass is 9.89. The molecule has 0 aromatic heterocycles. The van der Waals surface area contributed by atoms with Gasteiger partial charge in [0.2, 0.25) is 0 Å². The molecule has 0 spiro atoms. The van der Waals surface area contributed by atoms with Gasteiger partial charge in [0, 0.05) is 64.8 Å². The van der Waals surface area contributed by atoms with Gasteiger partial charge >= 0.3 is 0 Å². The number of carbonyl (C=O) groups is 1. The summed E-state index contributed by atoms with van der Waals surface area (Å²) in [5, 5.41) is 8.15. The predicted molar refractivity (Wildman–Crippen MR) is 157 cm³/mol. The first kappa shape index (κ1) is 28.7. The molecular weight excluding hydrogens is 506 g/mol. The average Bonchev–Trinajstić information content (AvgIpc) is 2.97. The van der Waals surface area contributed by atoms with Crippen LogP contribution < -0.4 is 25.4 Å². The fourth-order valence-electron chi connectivity index (χ4n) is 4.70. The largest absolute Gasteiger partial charge is 0.456 e. The van der Waals surface area contributed by atoms with Gasteiger partial charge in [-0.15, -0.1) is 0 Å². The highest BCUT2D eigenvalue weighted by atomic mass is 16.5. The van der Waals surface area contributed by atoms with Crippen molar-refractivity contribution in [2.75, 3.05) is 57.5 Å². The van der Waals surface area contributed by atoms with Crippen molar-refractivity contribution in [2.45, 2.75) is 13.8 Å².